The molecule has 3 heteroatoms. The number of anilines is 1. The fourth-order valence-electron chi connectivity index (χ4n) is 1.52. The van der Waals surface area contributed by atoms with Crippen molar-refractivity contribution in [3.05, 3.63) is 24.0 Å². The minimum absolute atomic E-state index is 0.232. The maximum atomic E-state index is 12.9. The first-order chi connectivity index (χ1) is 6.66. The molecule has 1 heterocycles. The maximum absolute atomic E-state index is 12.9. The molecule has 2 rings (SSSR count). The van der Waals surface area contributed by atoms with Crippen LogP contribution in [0.3, 0.4) is 0 Å². The first kappa shape index (κ1) is 9.31. The van der Waals surface area contributed by atoms with E-state index in [1.165, 1.54) is 12.1 Å². The second-order valence-electron chi connectivity index (χ2n) is 3.95. The third-order valence-corrected chi connectivity index (χ3v) is 2.51. The SMILES string of the molecule is CC(C)C1COc2ccc(F)cc2N1. The molecule has 0 amide bonds. The lowest BCUT2D eigenvalue weighted by Crippen LogP contribution is -2.35. The van der Waals surface area contributed by atoms with Crippen molar-refractivity contribution in [2.45, 2.75) is 19.9 Å². The summed E-state index contributed by atoms with van der Waals surface area (Å²) in [7, 11) is 0. The van der Waals surface area contributed by atoms with Crippen LogP contribution in [0.1, 0.15) is 13.8 Å². The first-order valence-corrected chi connectivity index (χ1v) is 4.85. The van der Waals surface area contributed by atoms with Crippen LogP contribution in [0.4, 0.5) is 10.1 Å². The van der Waals surface area contributed by atoms with Gasteiger partial charge in [0.15, 0.2) is 0 Å². The normalized spacial score (nSPS) is 19.9. The number of nitrogens with one attached hydrogen (secondary N) is 1. The Morgan fingerprint density at radius 1 is 1.50 bits per heavy atom. The van der Waals surface area contributed by atoms with Gasteiger partial charge in [-0.1, -0.05) is 13.8 Å². The molecule has 0 radical (unpaired) electrons. The summed E-state index contributed by atoms with van der Waals surface area (Å²) in [5.41, 5.74) is 0.759. The molecule has 0 aliphatic carbocycles. The van der Waals surface area contributed by atoms with Crippen molar-refractivity contribution in [2.75, 3.05) is 11.9 Å². The van der Waals surface area contributed by atoms with Crippen LogP contribution in [0, 0.1) is 11.7 Å². The summed E-state index contributed by atoms with van der Waals surface area (Å²) in [4.78, 5) is 0. The summed E-state index contributed by atoms with van der Waals surface area (Å²) < 4.78 is 18.5. The van der Waals surface area contributed by atoms with Gasteiger partial charge in [-0.05, 0) is 18.1 Å². The Morgan fingerprint density at radius 2 is 2.29 bits per heavy atom. The molecule has 2 nitrogen and oxygen atoms in total. The average Bonchev–Trinajstić information content (AvgIpc) is 2.16. The molecule has 0 saturated carbocycles. The molecule has 0 bridgehead atoms. The lowest BCUT2D eigenvalue weighted by molar-refractivity contribution is 0.257. The fourth-order valence-corrected chi connectivity index (χ4v) is 1.52. The van der Waals surface area contributed by atoms with Gasteiger partial charge in [0, 0.05) is 6.07 Å². The van der Waals surface area contributed by atoms with E-state index < -0.39 is 0 Å². The molecule has 1 aliphatic rings. The summed E-state index contributed by atoms with van der Waals surface area (Å²) in [6.07, 6.45) is 0. The van der Waals surface area contributed by atoms with Gasteiger partial charge in [0.25, 0.3) is 0 Å². The van der Waals surface area contributed by atoms with E-state index in [4.69, 9.17) is 4.74 Å². The van der Waals surface area contributed by atoms with Crippen LogP contribution in [0.2, 0.25) is 0 Å². The van der Waals surface area contributed by atoms with Crippen LogP contribution in [-0.4, -0.2) is 12.6 Å². The number of hydrogen-bond donors (Lipinski definition) is 1. The smallest absolute Gasteiger partial charge is 0.142 e. The molecule has 1 aromatic rings. The molecule has 0 fully saturated rings. The van der Waals surface area contributed by atoms with Crippen molar-refractivity contribution in [3.63, 3.8) is 0 Å². The lowest BCUT2D eigenvalue weighted by atomic mass is 10.0. The van der Waals surface area contributed by atoms with Gasteiger partial charge in [0.05, 0.1) is 11.7 Å². The molecule has 0 saturated heterocycles. The van der Waals surface area contributed by atoms with E-state index in [-0.39, 0.29) is 11.9 Å². The Labute approximate surface area is 83.1 Å². The highest BCUT2D eigenvalue weighted by Crippen LogP contribution is 2.30. The van der Waals surface area contributed by atoms with Crippen molar-refractivity contribution >= 4 is 5.69 Å². The second-order valence-corrected chi connectivity index (χ2v) is 3.95. The van der Waals surface area contributed by atoms with E-state index in [1.807, 2.05) is 0 Å². The molecule has 1 aromatic carbocycles. The predicted octanol–water partition coefficient (Wildman–Crippen LogP) is 2.65. The van der Waals surface area contributed by atoms with Crippen LogP contribution in [0.15, 0.2) is 18.2 Å². The van der Waals surface area contributed by atoms with E-state index in [1.54, 1.807) is 6.07 Å². The first-order valence-electron chi connectivity index (χ1n) is 4.85. The summed E-state index contributed by atoms with van der Waals surface area (Å²) >= 11 is 0. The maximum Gasteiger partial charge on any atom is 0.142 e. The van der Waals surface area contributed by atoms with Gasteiger partial charge in [0.2, 0.25) is 0 Å². The summed E-state index contributed by atoms with van der Waals surface area (Å²) in [6, 6.07) is 4.82. The van der Waals surface area contributed by atoms with Crippen LogP contribution in [-0.2, 0) is 0 Å². The number of rotatable bonds is 1. The van der Waals surface area contributed by atoms with Gasteiger partial charge in [-0.25, -0.2) is 4.39 Å². The van der Waals surface area contributed by atoms with Crippen molar-refractivity contribution < 1.29 is 9.13 Å². The highest BCUT2D eigenvalue weighted by Gasteiger charge is 2.21. The molecule has 0 aromatic heterocycles. The minimum atomic E-state index is -0.232. The Bertz CT molecular complexity index is 338. The Hall–Kier alpha value is -1.25. The number of hydrogen-bond acceptors (Lipinski definition) is 2. The molecule has 1 N–H and O–H groups in total. The highest BCUT2D eigenvalue weighted by molar-refractivity contribution is 5.58. The van der Waals surface area contributed by atoms with Gasteiger partial charge in [-0.2, -0.15) is 0 Å². The van der Waals surface area contributed by atoms with Gasteiger partial charge in [-0.3, -0.25) is 0 Å². The zero-order chi connectivity index (χ0) is 10.1. The lowest BCUT2D eigenvalue weighted by Gasteiger charge is -2.29. The van der Waals surface area contributed by atoms with E-state index in [0.717, 1.165) is 11.4 Å². The zero-order valence-electron chi connectivity index (χ0n) is 8.38. The van der Waals surface area contributed by atoms with Crippen molar-refractivity contribution in [3.8, 4) is 5.75 Å². The number of fused-ring (bicyclic) bond motifs is 1. The van der Waals surface area contributed by atoms with Gasteiger partial charge in [0.1, 0.15) is 18.2 Å². The van der Waals surface area contributed by atoms with E-state index in [9.17, 15) is 4.39 Å². The predicted molar refractivity (Wildman–Crippen MR) is 54.1 cm³/mol. The largest absolute Gasteiger partial charge is 0.489 e. The molecule has 1 unspecified atom stereocenters. The molecular formula is C11H14FNO. The summed E-state index contributed by atoms with van der Waals surface area (Å²) in [5.74, 6) is 0.985. The molecular weight excluding hydrogens is 181 g/mol. The van der Waals surface area contributed by atoms with Gasteiger partial charge >= 0.3 is 0 Å². The van der Waals surface area contributed by atoms with E-state index in [2.05, 4.69) is 19.2 Å². The second kappa shape index (κ2) is 3.48. The van der Waals surface area contributed by atoms with E-state index >= 15 is 0 Å². The Kier molecular flexibility index (Phi) is 2.32. The van der Waals surface area contributed by atoms with Crippen LogP contribution in [0.5, 0.6) is 5.75 Å². The molecule has 0 spiro atoms. The van der Waals surface area contributed by atoms with Crippen molar-refractivity contribution in [1.82, 2.24) is 0 Å². The van der Waals surface area contributed by atoms with E-state index in [0.29, 0.717) is 12.5 Å². The Balaban J connectivity index is 2.24. The summed E-state index contributed by atoms with van der Waals surface area (Å²) in [5, 5.41) is 3.27. The Morgan fingerprint density at radius 3 is 3.00 bits per heavy atom. The molecule has 14 heavy (non-hydrogen) atoms. The summed E-state index contributed by atoms with van der Waals surface area (Å²) in [6.45, 7) is 4.88. The van der Waals surface area contributed by atoms with Gasteiger partial charge < -0.3 is 10.1 Å². The average molecular weight is 195 g/mol. The monoisotopic (exact) mass is 195 g/mol. The zero-order valence-corrected chi connectivity index (χ0v) is 8.38. The van der Waals surface area contributed by atoms with Crippen LogP contribution >= 0.6 is 0 Å². The van der Waals surface area contributed by atoms with Gasteiger partial charge in [-0.15, -0.1) is 0 Å². The third kappa shape index (κ3) is 1.67. The quantitative estimate of drug-likeness (QED) is 0.743. The fraction of sp³-hybridized carbons (Fsp3) is 0.455. The molecule has 76 valence electrons. The topological polar surface area (TPSA) is 21.3 Å². The van der Waals surface area contributed by atoms with Crippen molar-refractivity contribution in [2.24, 2.45) is 5.92 Å². The van der Waals surface area contributed by atoms with Crippen LogP contribution in [0.25, 0.3) is 0 Å². The molecule has 1 atom stereocenters. The van der Waals surface area contributed by atoms with Crippen molar-refractivity contribution in [1.29, 1.82) is 0 Å². The number of benzene rings is 1. The molecule has 1 aliphatic heterocycles. The number of ether oxygens (including phenoxy) is 1. The number of halogens is 1. The highest BCUT2D eigenvalue weighted by atomic mass is 19.1. The minimum Gasteiger partial charge on any atom is -0.489 e. The standard InChI is InChI=1S/C11H14FNO/c1-7(2)10-6-14-11-4-3-8(12)5-9(11)13-10/h3-5,7,10,13H,6H2,1-2H3. The third-order valence-electron chi connectivity index (χ3n) is 2.51. The van der Waals surface area contributed by atoms with Crippen LogP contribution < -0.4 is 10.1 Å².